The van der Waals surface area contributed by atoms with Gasteiger partial charge < -0.3 is 10.6 Å². The topological polar surface area (TPSA) is 64.9 Å². The molecule has 0 aliphatic rings. The van der Waals surface area contributed by atoms with Crippen LogP contribution >= 0.6 is 0 Å². The van der Waals surface area contributed by atoms with E-state index in [9.17, 15) is 13.6 Å². The van der Waals surface area contributed by atoms with E-state index in [0.717, 1.165) is 12.1 Å². The molecule has 0 fully saturated rings. The number of halogens is 2. The largest absolute Gasteiger partial charge is 0.359 e. The van der Waals surface area contributed by atoms with Crippen molar-refractivity contribution in [3.8, 4) is 6.07 Å². The molecule has 18 heavy (non-hydrogen) atoms. The predicted octanol–water partition coefficient (Wildman–Crippen LogP) is 1.06. The third kappa shape index (κ3) is 3.79. The van der Waals surface area contributed by atoms with Crippen LogP contribution in [0.5, 0.6) is 0 Å². The molecule has 0 radical (unpaired) electrons. The van der Waals surface area contributed by atoms with E-state index >= 15 is 0 Å². The second kappa shape index (κ2) is 6.67. The Hall–Kier alpha value is -2.00. The van der Waals surface area contributed by atoms with E-state index in [0.29, 0.717) is 6.54 Å². The van der Waals surface area contributed by atoms with Crippen molar-refractivity contribution in [1.29, 1.82) is 5.26 Å². The number of benzene rings is 1. The van der Waals surface area contributed by atoms with E-state index in [1.54, 1.807) is 6.07 Å². The number of nitriles is 1. The Labute approximate surface area is 104 Å². The molecule has 0 atom stereocenters. The molecule has 0 saturated carbocycles. The first-order valence-electron chi connectivity index (χ1n) is 5.37. The van der Waals surface area contributed by atoms with Crippen molar-refractivity contribution >= 4 is 5.91 Å². The third-order valence-electron chi connectivity index (χ3n) is 2.38. The second-order valence-corrected chi connectivity index (χ2v) is 3.63. The van der Waals surface area contributed by atoms with Gasteiger partial charge in [-0.3, -0.25) is 4.79 Å². The number of rotatable bonds is 5. The van der Waals surface area contributed by atoms with Gasteiger partial charge in [-0.2, -0.15) is 5.26 Å². The Kier molecular flexibility index (Phi) is 5.21. The highest BCUT2D eigenvalue weighted by atomic mass is 19.1. The van der Waals surface area contributed by atoms with Gasteiger partial charge in [0.25, 0.3) is 0 Å². The number of nitrogens with one attached hydrogen (secondary N) is 2. The zero-order valence-corrected chi connectivity index (χ0v) is 9.89. The lowest BCUT2D eigenvalue weighted by molar-refractivity contribution is -0.120. The van der Waals surface area contributed by atoms with Crippen LogP contribution in [0, 0.1) is 23.0 Å². The Balaban J connectivity index is 2.58. The lowest BCUT2D eigenvalue weighted by Crippen LogP contribution is -2.25. The zero-order valence-electron chi connectivity index (χ0n) is 9.89. The Bertz CT molecular complexity index is 460. The molecular weight excluding hydrogens is 240 g/mol. The van der Waals surface area contributed by atoms with Crippen molar-refractivity contribution in [3.05, 3.63) is 34.9 Å². The van der Waals surface area contributed by atoms with Gasteiger partial charge >= 0.3 is 0 Å². The molecule has 1 aromatic carbocycles. The number of carbonyl (C=O) groups is 1. The molecule has 0 heterocycles. The summed E-state index contributed by atoms with van der Waals surface area (Å²) in [6, 6.07) is 3.64. The summed E-state index contributed by atoms with van der Waals surface area (Å²) in [5, 5.41) is 13.7. The molecule has 1 amide bonds. The maximum Gasteiger partial charge on any atom is 0.221 e. The molecule has 4 nitrogen and oxygen atoms in total. The van der Waals surface area contributed by atoms with Crippen LogP contribution in [0.15, 0.2) is 12.1 Å². The fraction of sp³-hybridized carbons (Fsp3) is 0.333. The van der Waals surface area contributed by atoms with Gasteiger partial charge in [-0.15, -0.1) is 0 Å². The molecule has 0 spiro atoms. The van der Waals surface area contributed by atoms with Gasteiger partial charge in [-0.1, -0.05) is 0 Å². The van der Waals surface area contributed by atoms with Crippen LogP contribution in [0.4, 0.5) is 8.78 Å². The van der Waals surface area contributed by atoms with Gasteiger partial charge in [0, 0.05) is 32.1 Å². The van der Waals surface area contributed by atoms with Crippen LogP contribution in [0.2, 0.25) is 0 Å². The number of carbonyl (C=O) groups excluding carboxylic acids is 1. The molecule has 0 aliphatic carbocycles. The summed E-state index contributed by atoms with van der Waals surface area (Å²) in [5.41, 5.74) is -0.190. The fourth-order valence-corrected chi connectivity index (χ4v) is 1.38. The molecule has 6 heteroatoms. The molecular formula is C12H13F2N3O. The average molecular weight is 253 g/mol. The molecule has 1 aromatic rings. The Morgan fingerprint density at radius 2 is 2.00 bits per heavy atom. The van der Waals surface area contributed by atoms with E-state index in [2.05, 4.69) is 10.6 Å². The minimum Gasteiger partial charge on any atom is -0.359 e. The molecule has 1 rings (SSSR count). The van der Waals surface area contributed by atoms with Crippen LogP contribution in [-0.2, 0) is 11.3 Å². The van der Waals surface area contributed by atoms with Crippen molar-refractivity contribution in [2.45, 2.75) is 13.0 Å². The first-order valence-corrected chi connectivity index (χ1v) is 5.37. The van der Waals surface area contributed by atoms with Gasteiger partial charge in [-0.25, -0.2) is 8.78 Å². The molecule has 0 saturated heterocycles. The molecule has 0 aromatic heterocycles. The maximum atomic E-state index is 13.4. The number of nitrogens with zero attached hydrogens (tertiary/aromatic N) is 1. The average Bonchev–Trinajstić information content (AvgIpc) is 2.36. The van der Waals surface area contributed by atoms with Crippen LogP contribution < -0.4 is 10.6 Å². The number of hydrogen-bond acceptors (Lipinski definition) is 3. The lowest BCUT2D eigenvalue weighted by atomic mass is 10.1. The predicted molar refractivity (Wildman–Crippen MR) is 61.5 cm³/mol. The minimum absolute atomic E-state index is 0.0274. The summed E-state index contributed by atoms with van der Waals surface area (Å²) < 4.78 is 26.9. The highest BCUT2D eigenvalue weighted by Gasteiger charge is 2.10. The van der Waals surface area contributed by atoms with E-state index in [-0.39, 0.29) is 30.0 Å². The van der Waals surface area contributed by atoms with Gasteiger partial charge in [0.2, 0.25) is 5.91 Å². The maximum absolute atomic E-state index is 13.4. The standard InChI is InChI=1S/C12H13F2N3O/c1-16-12(18)2-3-17-7-9-10(13)4-8(6-15)5-11(9)14/h4-5,17H,2-3,7H2,1H3,(H,16,18). The van der Waals surface area contributed by atoms with E-state index < -0.39 is 11.6 Å². The summed E-state index contributed by atoms with van der Waals surface area (Å²) in [4.78, 5) is 10.9. The van der Waals surface area contributed by atoms with Crippen molar-refractivity contribution in [3.63, 3.8) is 0 Å². The molecule has 96 valence electrons. The number of amides is 1. The smallest absolute Gasteiger partial charge is 0.221 e. The SMILES string of the molecule is CNC(=O)CCNCc1c(F)cc(C#N)cc1F. The van der Waals surface area contributed by atoms with Gasteiger partial charge in [0.15, 0.2) is 0 Å². The summed E-state index contributed by atoms with van der Waals surface area (Å²) in [7, 11) is 1.52. The highest BCUT2D eigenvalue weighted by Crippen LogP contribution is 2.14. The normalized spacial score (nSPS) is 9.89. The van der Waals surface area contributed by atoms with Crippen molar-refractivity contribution in [2.75, 3.05) is 13.6 Å². The second-order valence-electron chi connectivity index (χ2n) is 3.63. The summed E-state index contributed by atoms with van der Waals surface area (Å²) >= 11 is 0. The fourth-order valence-electron chi connectivity index (χ4n) is 1.38. The zero-order chi connectivity index (χ0) is 13.5. The Morgan fingerprint density at radius 3 is 2.50 bits per heavy atom. The summed E-state index contributed by atoms with van der Waals surface area (Å²) in [5.74, 6) is -1.68. The summed E-state index contributed by atoms with van der Waals surface area (Å²) in [6.45, 7) is 0.291. The first kappa shape index (κ1) is 14.1. The lowest BCUT2D eigenvalue weighted by Gasteiger charge is -2.07. The van der Waals surface area contributed by atoms with Gasteiger partial charge in [0.05, 0.1) is 11.6 Å². The minimum atomic E-state index is -0.765. The van der Waals surface area contributed by atoms with E-state index in [1.165, 1.54) is 7.05 Å². The quantitative estimate of drug-likeness (QED) is 0.771. The van der Waals surface area contributed by atoms with E-state index in [4.69, 9.17) is 5.26 Å². The molecule has 0 unspecified atom stereocenters. The van der Waals surface area contributed by atoms with Crippen LogP contribution in [0.25, 0.3) is 0 Å². The van der Waals surface area contributed by atoms with Crippen LogP contribution in [0.1, 0.15) is 17.5 Å². The van der Waals surface area contributed by atoms with Crippen molar-refractivity contribution in [2.24, 2.45) is 0 Å². The van der Waals surface area contributed by atoms with Crippen LogP contribution in [-0.4, -0.2) is 19.5 Å². The molecule has 2 N–H and O–H groups in total. The molecule has 0 bridgehead atoms. The molecule has 0 aliphatic heterocycles. The van der Waals surface area contributed by atoms with Gasteiger partial charge in [-0.05, 0) is 12.1 Å². The highest BCUT2D eigenvalue weighted by molar-refractivity contribution is 5.75. The van der Waals surface area contributed by atoms with Crippen molar-refractivity contribution < 1.29 is 13.6 Å². The van der Waals surface area contributed by atoms with E-state index in [1.807, 2.05) is 0 Å². The van der Waals surface area contributed by atoms with Crippen LogP contribution in [0.3, 0.4) is 0 Å². The monoisotopic (exact) mass is 253 g/mol. The first-order chi connectivity index (χ1) is 8.58. The van der Waals surface area contributed by atoms with Gasteiger partial charge in [0.1, 0.15) is 11.6 Å². The Morgan fingerprint density at radius 1 is 1.39 bits per heavy atom. The number of hydrogen-bond donors (Lipinski definition) is 2. The van der Waals surface area contributed by atoms with Crippen molar-refractivity contribution in [1.82, 2.24) is 10.6 Å². The third-order valence-corrected chi connectivity index (χ3v) is 2.38. The summed E-state index contributed by atoms with van der Waals surface area (Å²) in [6.07, 6.45) is 0.232.